The van der Waals surface area contributed by atoms with Crippen LogP contribution in [0, 0.1) is 20.2 Å². The highest BCUT2D eigenvalue weighted by Crippen LogP contribution is 2.35. The van der Waals surface area contributed by atoms with Crippen LogP contribution in [0.2, 0.25) is 0 Å². The molecule has 0 aromatic heterocycles. The van der Waals surface area contributed by atoms with Crippen LogP contribution in [0.1, 0.15) is 5.56 Å². The lowest BCUT2D eigenvalue weighted by atomic mass is 10.0. The molecule has 0 amide bonds. The lowest BCUT2D eigenvalue weighted by molar-refractivity contribution is -0.396. The minimum Gasteiger partial charge on any atom is -0.258 e. The van der Waals surface area contributed by atoms with Gasteiger partial charge in [-0.2, -0.15) is 8.78 Å². The monoisotopic (exact) mass is 282 g/mol. The van der Waals surface area contributed by atoms with E-state index in [2.05, 4.69) is 0 Å². The van der Waals surface area contributed by atoms with Crippen LogP contribution >= 0.6 is 0 Å². The van der Waals surface area contributed by atoms with E-state index in [-0.39, 0.29) is 0 Å². The van der Waals surface area contributed by atoms with E-state index in [0.717, 1.165) is 18.2 Å². The minimum absolute atomic E-state index is 0.740. The van der Waals surface area contributed by atoms with E-state index in [1.165, 1.54) is 0 Å². The first kappa shape index (κ1) is 14.8. The molecule has 0 radical (unpaired) electrons. The normalized spacial score (nSPS) is 11.6. The van der Waals surface area contributed by atoms with Gasteiger partial charge in [0.25, 0.3) is 11.4 Å². The fourth-order valence-electron chi connectivity index (χ4n) is 1.40. The molecule has 0 aliphatic carbocycles. The lowest BCUT2D eigenvalue weighted by Gasteiger charge is -2.14. The molecule has 19 heavy (non-hydrogen) atoms. The summed E-state index contributed by atoms with van der Waals surface area (Å²) in [4.78, 5) is 18.9. The summed E-state index contributed by atoms with van der Waals surface area (Å²) in [6, 6.07) is 2.40. The van der Waals surface area contributed by atoms with Crippen molar-refractivity contribution in [1.29, 1.82) is 0 Å². The molecule has 0 atom stereocenters. The van der Waals surface area contributed by atoms with E-state index in [1.807, 2.05) is 0 Å². The molecule has 0 spiro atoms. The molecule has 104 valence electrons. The zero-order valence-corrected chi connectivity index (χ0v) is 9.06. The van der Waals surface area contributed by atoms with Gasteiger partial charge in [0.05, 0.1) is 16.3 Å². The van der Waals surface area contributed by atoms with Crippen molar-refractivity contribution in [3.05, 3.63) is 44.0 Å². The van der Waals surface area contributed by atoms with Gasteiger partial charge in [-0.15, -0.1) is 0 Å². The number of nitrogens with zero attached hydrogens (tertiary/aromatic N) is 2. The van der Waals surface area contributed by atoms with Crippen LogP contribution in [0.4, 0.5) is 28.9 Å². The van der Waals surface area contributed by atoms with Crippen LogP contribution in [-0.4, -0.2) is 22.2 Å². The van der Waals surface area contributed by atoms with Gasteiger partial charge in [0.15, 0.2) is 0 Å². The smallest absolute Gasteiger partial charge is 0.258 e. The predicted octanol–water partition coefficient (Wildman–Crippen LogP) is 2.95. The minimum atomic E-state index is -4.59. The maximum absolute atomic E-state index is 12.9. The number of nitro groups is 2. The molecule has 0 saturated heterocycles. The summed E-state index contributed by atoms with van der Waals surface area (Å²) in [6.07, 6.45) is -5.86. The molecule has 0 bridgehead atoms. The molecule has 1 aromatic carbocycles. The number of hydrogen-bond acceptors (Lipinski definition) is 4. The predicted molar refractivity (Wildman–Crippen MR) is 54.4 cm³/mol. The molecule has 6 nitrogen and oxygen atoms in total. The Morgan fingerprint density at radius 2 is 1.53 bits per heavy atom. The van der Waals surface area contributed by atoms with Crippen molar-refractivity contribution in [1.82, 2.24) is 0 Å². The van der Waals surface area contributed by atoms with Crippen molar-refractivity contribution in [2.45, 2.75) is 18.8 Å². The maximum atomic E-state index is 12.9. The standard InChI is InChI=1S/C9H6F4N2O4/c10-8(11)9(12,13)4-5-6(14(16)17)2-1-3-7(5)15(18)19/h1-3,8H,4H2. The zero-order valence-electron chi connectivity index (χ0n) is 9.06. The van der Waals surface area contributed by atoms with Gasteiger partial charge >= 0.3 is 12.3 Å². The Morgan fingerprint density at radius 3 is 1.84 bits per heavy atom. The molecule has 1 aromatic rings. The zero-order chi connectivity index (χ0) is 14.8. The number of halogens is 4. The Hall–Kier alpha value is -2.26. The van der Waals surface area contributed by atoms with Crippen LogP contribution in [0.25, 0.3) is 0 Å². The average Bonchev–Trinajstić information content (AvgIpc) is 2.27. The summed E-state index contributed by atoms with van der Waals surface area (Å²) in [6.45, 7) is 0. The number of rotatable bonds is 5. The van der Waals surface area contributed by atoms with Crippen molar-refractivity contribution in [3.8, 4) is 0 Å². The first-order chi connectivity index (χ1) is 8.66. The van der Waals surface area contributed by atoms with E-state index >= 15 is 0 Å². The number of benzene rings is 1. The van der Waals surface area contributed by atoms with Gasteiger partial charge in [0, 0.05) is 12.1 Å². The maximum Gasteiger partial charge on any atom is 0.311 e. The second-order valence-corrected chi connectivity index (χ2v) is 3.53. The molecule has 1 rings (SSSR count). The molecule has 0 saturated carbocycles. The van der Waals surface area contributed by atoms with Crippen molar-refractivity contribution >= 4 is 11.4 Å². The van der Waals surface area contributed by atoms with E-state index in [0.29, 0.717) is 0 Å². The summed E-state index contributed by atoms with van der Waals surface area (Å²) in [7, 11) is 0. The average molecular weight is 282 g/mol. The SMILES string of the molecule is O=[N+]([O-])c1cccc([N+](=O)[O-])c1CC(F)(F)C(F)F. The number of nitro benzene ring substituents is 2. The van der Waals surface area contributed by atoms with Gasteiger partial charge in [-0.3, -0.25) is 20.2 Å². The largest absolute Gasteiger partial charge is 0.311 e. The third-order valence-corrected chi connectivity index (χ3v) is 2.25. The summed E-state index contributed by atoms with van der Waals surface area (Å²) in [5.74, 6) is -4.59. The highest BCUT2D eigenvalue weighted by molar-refractivity contribution is 5.54. The highest BCUT2D eigenvalue weighted by atomic mass is 19.3. The summed E-state index contributed by atoms with van der Waals surface area (Å²) in [5.41, 5.74) is -3.01. The van der Waals surface area contributed by atoms with Crippen LogP contribution < -0.4 is 0 Å². The van der Waals surface area contributed by atoms with Crippen molar-refractivity contribution < 1.29 is 27.4 Å². The van der Waals surface area contributed by atoms with Gasteiger partial charge < -0.3 is 0 Å². The summed E-state index contributed by atoms with van der Waals surface area (Å²) >= 11 is 0. The highest BCUT2D eigenvalue weighted by Gasteiger charge is 2.44. The Labute approximate surface area is 102 Å². The third kappa shape index (κ3) is 3.14. The van der Waals surface area contributed by atoms with Gasteiger partial charge in [-0.1, -0.05) is 0 Å². The van der Waals surface area contributed by atoms with Crippen molar-refractivity contribution in [3.63, 3.8) is 0 Å². The number of hydrogen-bond donors (Lipinski definition) is 0. The van der Waals surface area contributed by atoms with Crippen LogP contribution in [0.15, 0.2) is 18.2 Å². The van der Waals surface area contributed by atoms with Gasteiger partial charge in [-0.05, 0) is 6.07 Å². The molecule has 0 fully saturated rings. The molecule has 0 aliphatic heterocycles. The van der Waals surface area contributed by atoms with E-state index in [9.17, 15) is 37.8 Å². The lowest BCUT2D eigenvalue weighted by Crippen LogP contribution is -2.29. The Balaban J connectivity index is 3.38. The Morgan fingerprint density at radius 1 is 1.11 bits per heavy atom. The molecular formula is C9H6F4N2O4. The van der Waals surface area contributed by atoms with Crippen LogP contribution in [0.3, 0.4) is 0 Å². The first-order valence-corrected chi connectivity index (χ1v) is 4.73. The fraction of sp³-hybridized carbons (Fsp3) is 0.333. The van der Waals surface area contributed by atoms with Crippen molar-refractivity contribution in [2.75, 3.05) is 0 Å². The molecule has 0 unspecified atom stereocenters. The van der Waals surface area contributed by atoms with Crippen LogP contribution in [-0.2, 0) is 6.42 Å². The number of alkyl halides is 4. The fourth-order valence-corrected chi connectivity index (χ4v) is 1.40. The quantitative estimate of drug-likeness (QED) is 0.472. The Bertz CT molecular complexity index is 489. The first-order valence-electron chi connectivity index (χ1n) is 4.73. The second-order valence-electron chi connectivity index (χ2n) is 3.53. The van der Waals surface area contributed by atoms with Crippen LogP contribution in [0.5, 0.6) is 0 Å². The van der Waals surface area contributed by atoms with Crippen molar-refractivity contribution in [2.24, 2.45) is 0 Å². The van der Waals surface area contributed by atoms with Gasteiger partial charge in [-0.25, -0.2) is 8.78 Å². The summed E-state index contributed by atoms with van der Waals surface area (Å²) in [5, 5.41) is 21.2. The Kier molecular flexibility index (Phi) is 4.02. The molecule has 0 aliphatic rings. The molecule has 0 N–H and O–H groups in total. The topological polar surface area (TPSA) is 86.3 Å². The molecule has 0 heterocycles. The third-order valence-electron chi connectivity index (χ3n) is 2.25. The van der Waals surface area contributed by atoms with E-state index in [1.54, 1.807) is 0 Å². The molecular weight excluding hydrogens is 276 g/mol. The van der Waals surface area contributed by atoms with E-state index < -0.39 is 45.6 Å². The van der Waals surface area contributed by atoms with Gasteiger partial charge in [0.2, 0.25) is 0 Å². The molecule has 10 heteroatoms. The van der Waals surface area contributed by atoms with E-state index in [4.69, 9.17) is 0 Å². The second kappa shape index (κ2) is 5.16. The summed E-state index contributed by atoms with van der Waals surface area (Å²) < 4.78 is 50.0. The van der Waals surface area contributed by atoms with Gasteiger partial charge in [0.1, 0.15) is 5.56 Å².